The number of hydrogen-bond donors (Lipinski definition) is 1. The molecule has 0 aliphatic rings. The number of amides is 2. The summed E-state index contributed by atoms with van der Waals surface area (Å²) < 4.78 is 0. The van der Waals surface area contributed by atoms with E-state index in [0.29, 0.717) is 26.1 Å². The molecule has 0 saturated carbocycles. The van der Waals surface area contributed by atoms with Crippen LogP contribution < -0.4 is 5.32 Å². The third-order valence-electron chi connectivity index (χ3n) is 3.38. The minimum Gasteiger partial charge on any atom is -0.344 e. The molecular formula is C16H25N3O2. The second-order valence-electron chi connectivity index (χ2n) is 5.10. The fourth-order valence-electron chi connectivity index (χ4n) is 1.98. The monoisotopic (exact) mass is 291 g/mol. The molecule has 0 bridgehead atoms. The molecule has 1 aromatic rings. The van der Waals surface area contributed by atoms with Crippen molar-refractivity contribution in [3.63, 3.8) is 0 Å². The number of hydrogen-bond acceptors (Lipinski definition) is 3. The van der Waals surface area contributed by atoms with E-state index in [9.17, 15) is 9.59 Å². The number of carbonyl (C=O) groups is 2. The van der Waals surface area contributed by atoms with Gasteiger partial charge in [0.2, 0.25) is 11.8 Å². The topological polar surface area (TPSA) is 52.7 Å². The molecule has 0 spiro atoms. The molecule has 0 heterocycles. The highest BCUT2D eigenvalue weighted by molar-refractivity contribution is 5.78. The molecule has 1 rings (SSSR count). The summed E-state index contributed by atoms with van der Waals surface area (Å²) in [5, 5.41) is 3.01. The molecule has 0 saturated heterocycles. The number of carbonyl (C=O) groups excluding carboxylic acids is 2. The lowest BCUT2D eigenvalue weighted by Gasteiger charge is -2.23. The summed E-state index contributed by atoms with van der Waals surface area (Å²) in [5.41, 5.74) is 1.07. The Morgan fingerprint density at radius 3 is 2.38 bits per heavy atom. The fourth-order valence-corrected chi connectivity index (χ4v) is 1.98. The first-order valence-corrected chi connectivity index (χ1v) is 7.22. The van der Waals surface area contributed by atoms with Gasteiger partial charge in [-0.2, -0.15) is 0 Å². The molecule has 0 aliphatic carbocycles. The van der Waals surface area contributed by atoms with Crippen molar-refractivity contribution in [3.8, 4) is 0 Å². The van der Waals surface area contributed by atoms with E-state index in [4.69, 9.17) is 0 Å². The van der Waals surface area contributed by atoms with E-state index >= 15 is 0 Å². The molecular weight excluding hydrogens is 266 g/mol. The first-order valence-electron chi connectivity index (χ1n) is 7.22. The van der Waals surface area contributed by atoms with Gasteiger partial charge in [-0.3, -0.25) is 9.59 Å². The molecule has 0 aliphatic heterocycles. The van der Waals surface area contributed by atoms with Crippen LogP contribution in [-0.4, -0.2) is 55.3 Å². The predicted octanol–water partition coefficient (Wildman–Crippen LogP) is 1.10. The summed E-state index contributed by atoms with van der Waals surface area (Å²) >= 11 is 0. The Morgan fingerprint density at radius 1 is 1.14 bits per heavy atom. The lowest BCUT2D eigenvalue weighted by molar-refractivity contribution is -0.133. The van der Waals surface area contributed by atoms with Gasteiger partial charge in [0.25, 0.3) is 0 Å². The van der Waals surface area contributed by atoms with Gasteiger partial charge < -0.3 is 15.1 Å². The van der Waals surface area contributed by atoms with Gasteiger partial charge in [-0.15, -0.1) is 0 Å². The van der Waals surface area contributed by atoms with Crippen molar-refractivity contribution in [1.82, 2.24) is 15.1 Å². The Morgan fingerprint density at radius 2 is 1.81 bits per heavy atom. The zero-order valence-corrected chi connectivity index (χ0v) is 13.1. The first-order chi connectivity index (χ1) is 10.0. The van der Waals surface area contributed by atoms with E-state index in [-0.39, 0.29) is 11.8 Å². The smallest absolute Gasteiger partial charge is 0.224 e. The van der Waals surface area contributed by atoms with E-state index in [2.05, 4.69) is 5.32 Å². The van der Waals surface area contributed by atoms with Crippen LogP contribution in [0.1, 0.15) is 18.9 Å². The number of nitrogens with zero attached hydrogens (tertiary/aromatic N) is 2. The number of likely N-dealkylation sites (N-methyl/N-ethyl adjacent to an activating group) is 2. The van der Waals surface area contributed by atoms with Crippen LogP contribution in [0.4, 0.5) is 0 Å². The molecule has 1 aromatic carbocycles. The van der Waals surface area contributed by atoms with Crippen LogP contribution in [0.3, 0.4) is 0 Å². The van der Waals surface area contributed by atoms with Gasteiger partial charge in [0.05, 0.1) is 0 Å². The average Bonchev–Trinajstić information content (AvgIpc) is 2.49. The molecule has 1 N–H and O–H groups in total. The maximum absolute atomic E-state index is 12.0. The summed E-state index contributed by atoms with van der Waals surface area (Å²) in [7, 11) is 3.64. The maximum atomic E-state index is 12.0. The second-order valence-corrected chi connectivity index (χ2v) is 5.10. The molecule has 0 aromatic heterocycles. The minimum absolute atomic E-state index is 0.00969. The highest BCUT2D eigenvalue weighted by Crippen LogP contribution is 2.06. The van der Waals surface area contributed by atoms with Gasteiger partial charge in [0.15, 0.2) is 0 Å². The molecule has 0 radical (unpaired) electrons. The van der Waals surface area contributed by atoms with Crippen LogP contribution in [0.5, 0.6) is 0 Å². The molecule has 116 valence electrons. The Hall–Kier alpha value is -1.88. The Bertz CT molecular complexity index is 448. The van der Waals surface area contributed by atoms with E-state index in [0.717, 1.165) is 12.1 Å². The maximum Gasteiger partial charge on any atom is 0.224 e. The summed E-state index contributed by atoms with van der Waals surface area (Å²) in [6.45, 7) is 3.98. The zero-order valence-electron chi connectivity index (χ0n) is 13.1. The summed E-state index contributed by atoms with van der Waals surface area (Å²) in [6.07, 6.45) is 0.354. The third-order valence-corrected chi connectivity index (χ3v) is 3.38. The molecule has 0 atom stereocenters. The summed E-state index contributed by atoms with van der Waals surface area (Å²) in [5.74, 6) is 0.0501. The van der Waals surface area contributed by atoms with Gasteiger partial charge in [-0.1, -0.05) is 30.3 Å². The van der Waals surface area contributed by atoms with Gasteiger partial charge >= 0.3 is 0 Å². The molecule has 5 nitrogen and oxygen atoms in total. The van der Waals surface area contributed by atoms with Crippen molar-refractivity contribution >= 4 is 11.8 Å². The molecule has 5 heteroatoms. The van der Waals surface area contributed by atoms with Crippen molar-refractivity contribution in [2.45, 2.75) is 19.9 Å². The van der Waals surface area contributed by atoms with E-state index in [1.165, 1.54) is 6.92 Å². The largest absolute Gasteiger partial charge is 0.344 e. The number of benzene rings is 1. The minimum atomic E-state index is -0.00969. The summed E-state index contributed by atoms with van der Waals surface area (Å²) in [6, 6.07) is 9.81. The Labute approximate surface area is 126 Å². The SMILES string of the molecule is CNCCN(C)C(=O)CCN(Cc1ccccc1)C(C)=O. The Kier molecular flexibility index (Phi) is 7.46. The van der Waals surface area contributed by atoms with Crippen LogP contribution in [0, 0.1) is 0 Å². The van der Waals surface area contributed by atoms with Gasteiger partial charge in [-0.05, 0) is 12.6 Å². The van der Waals surface area contributed by atoms with Crippen LogP contribution in [0.25, 0.3) is 0 Å². The van der Waals surface area contributed by atoms with Gasteiger partial charge in [-0.25, -0.2) is 0 Å². The predicted molar refractivity (Wildman–Crippen MR) is 83.7 cm³/mol. The van der Waals surface area contributed by atoms with Crippen LogP contribution in [0.2, 0.25) is 0 Å². The van der Waals surface area contributed by atoms with Crippen molar-refractivity contribution in [2.75, 3.05) is 33.7 Å². The van der Waals surface area contributed by atoms with Crippen LogP contribution >= 0.6 is 0 Å². The lowest BCUT2D eigenvalue weighted by atomic mass is 10.2. The van der Waals surface area contributed by atoms with E-state index < -0.39 is 0 Å². The standard InChI is InChI=1S/C16H25N3O2/c1-14(20)19(13-15-7-5-4-6-8-15)11-9-16(21)18(3)12-10-17-2/h4-8,17H,9-13H2,1-3H3. The normalized spacial score (nSPS) is 10.2. The van der Waals surface area contributed by atoms with Gasteiger partial charge in [0, 0.05) is 46.6 Å². The molecule has 21 heavy (non-hydrogen) atoms. The number of nitrogens with one attached hydrogen (secondary N) is 1. The van der Waals surface area contributed by atoms with Crippen molar-refractivity contribution < 1.29 is 9.59 Å². The van der Waals surface area contributed by atoms with Crippen molar-refractivity contribution in [3.05, 3.63) is 35.9 Å². The lowest BCUT2D eigenvalue weighted by Crippen LogP contribution is -2.36. The quantitative estimate of drug-likeness (QED) is 0.780. The van der Waals surface area contributed by atoms with Crippen molar-refractivity contribution in [1.29, 1.82) is 0 Å². The van der Waals surface area contributed by atoms with Crippen LogP contribution in [-0.2, 0) is 16.1 Å². The zero-order chi connectivity index (χ0) is 15.7. The van der Waals surface area contributed by atoms with Gasteiger partial charge in [0.1, 0.15) is 0 Å². The van der Waals surface area contributed by atoms with E-state index in [1.54, 1.807) is 16.8 Å². The fraction of sp³-hybridized carbons (Fsp3) is 0.500. The molecule has 2 amide bonds. The summed E-state index contributed by atoms with van der Waals surface area (Å²) in [4.78, 5) is 27.1. The van der Waals surface area contributed by atoms with Crippen molar-refractivity contribution in [2.24, 2.45) is 0 Å². The van der Waals surface area contributed by atoms with Crippen LogP contribution in [0.15, 0.2) is 30.3 Å². The second kappa shape index (κ2) is 9.13. The third kappa shape index (κ3) is 6.40. The first kappa shape index (κ1) is 17.2. The highest BCUT2D eigenvalue weighted by Gasteiger charge is 2.14. The molecule has 0 unspecified atom stereocenters. The Balaban J connectivity index is 2.48. The average molecular weight is 291 g/mol. The highest BCUT2D eigenvalue weighted by atomic mass is 16.2. The number of rotatable bonds is 8. The molecule has 0 fully saturated rings. The van der Waals surface area contributed by atoms with E-state index in [1.807, 2.05) is 37.4 Å².